The van der Waals surface area contributed by atoms with Crippen LogP contribution in [0.4, 0.5) is 0 Å². The summed E-state index contributed by atoms with van der Waals surface area (Å²) in [6, 6.07) is 0. The molecule has 0 saturated heterocycles. The zero-order valence-electron chi connectivity index (χ0n) is 7.56. The van der Waals surface area contributed by atoms with Gasteiger partial charge in [0.1, 0.15) is 0 Å². The first-order chi connectivity index (χ1) is 4.74. The summed E-state index contributed by atoms with van der Waals surface area (Å²) in [5.41, 5.74) is 0. The molecule has 0 spiro atoms. The Morgan fingerprint density at radius 3 is 2.50 bits per heavy atom. The molecule has 0 bridgehead atoms. The van der Waals surface area contributed by atoms with Crippen molar-refractivity contribution < 1.29 is 0 Å². The third-order valence-corrected chi connectivity index (χ3v) is 3.15. The zero-order chi connectivity index (χ0) is 7.56. The number of rotatable bonds is 1. The summed E-state index contributed by atoms with van der Waals surface area (Å²) in [5, 5.41) is 0. The van der Waals surface area contributed by atoms with E-state index in [1.807, 2.05) is 0 Å². The molecule has 1 fully saturated rings. The molecule has 1 saturated carbocycles. The van der Waals surface area contributed by atoms with Crippen LogP contribution in [0.3, 0.4) is 0 Å². The van der Waals surface area contributed by atoms with Gasteiger partial charge < -0.3 is 0 Å². The molecule has 1 rings (SSSR count). The monoisotopic (exact) mass is 124 g/mol. The fourth-order valence-corrected chi connectivity index (χ4v) is 2.22. The number of hydrogen-bond donors (Lipinski definition) is 0. The van der Waals surface area contributed by atoms with Crippen molar-refractivity contribution in [3.63, 3.8) is 0 Å². The third kappa shape index (κ3) is 2.35. The van der Waals surface area contributed by atoms with Crippen molar-refractivity contribution in [1.82, 2.24) is 0 Å². The molecule has 48 valence electrons. The minimum atomic E-state index is 1.00. The second-order valence-corrected chi connectivity index (χ2v) is 4.06. The van der Waals surface area contributed by atoms with Crippen molar-refractivity contribution >= 4 is 35.4 Å². The van der Waals surface area contributed by atoms with Gasteiger partial charge in [0.25, 0.3) is 0 Å². The van der Waals surface area contributed by atoms with E-state index < -0.39 is 0 Å². The van der Waals surface area contributed by atoms with Crippen LogP contribution in [-0.4, -0.2) is 35.4 Å². The van der Waals surface area contributed by atoms with E-state index in [0.29, 0.717) is 0 Å². The fraction of sp³-hybridized carbons (Fsp3) is 1.00. The molecule has 3 unspecified atom stereocenters. The summed E-state index contributed by atoms with van der Waals surface area (Å²) in [6.07, 6.45) is 5.82. The van der Waals surface area contributed by atoms with E-state index >= 15 is 0 Å². The fourth-order valence-electron chi connectivity index (χ4n) is 2.22. The van der Waals surface area contributed by atoms with Crippen LogP contribution < -0.4 is 0 Å². The van der Waals surface area contributed by atoms with Gasteiger partial charge in [-0.05, 0) is 0 Å². The first-order valence-electron chi connectivity index (χ1n) is 4.74. The van der Waals surface area contributed by atoms with Crippen molar-refractivity contribution in [2.75, 3.05) is 0 Å². The van der Waals surface area contributed by atoms with Crippen molar-refractivity contribution in [2.45, 2.75) is 41.8 Å². The summed E-state index contributed by atoms with van der Waals surface area (Å²) in [6.45, 7) is 2.33. The Balaban J connectivity index is 2.38. The SMILES string of the molecule is [Li][CH]1CC[CH]([Li])C(CC)C1. The van der Waals surface area contributed by atoms with E-state index in [1.165, 1.54) is 25.7 Å². The van der Waals surface area contributed by atoms with Crippen LogP contribution in [-0.2, 0) is 0 Å². The Labute approximate surface area is 82.9 Å². The van der Waals surface area contributed by atoms with Crippen molar-refractivity contribution in [3.05, 3.63) is 0 Å². The van der Waals surface area contributed by atoms with Crippen LogP contribution in [0.1, 0.15) is 32.6 Å². The van der Waals surface area contributed by atoms with Gasteiger partial charge in [-0.15, -0.1) is 0 Å². The minimum absolute atomic E-state index is 1.00. The van der Waals surface area contributed by atoms with Gasteiger partial charge in [0.05, 0.1) is 0 Å². The molecule has 0 heterocycles. The molecule has 2 heteroatoms. The summed E-state index contributed by atoms with van der Waals surface area (Å²) >= 11 is 4.81. The molecular weight excluding hydrogens is 110 g/mol. The molecule has 0 nitrogen and oxygen atoms in total. The van der Waals surface area contributed by atoms with Crippen molar-refractivity contribution in [3.8, 4) is 0 Å². The average Bonchev–Trinajstić information content (AvgIpc) is 1.94. The molecule has 3 atom stereocenters. The molecule has 0 amide bonds. The molecule has 0 radical (unpaired) electrons. The second kappa shape index (κ2) is 4.28. The van der Waals surface area contributed by atoms with E-state index in [0.717, 1.165) is 15.1 Å². The normalized spacial score (nSPS) is 41.9. The van der Waals surface area contributed by atoms with Gasteiger partial charge >= 0.3 is 83.1 Å². The second-order valence-electron chi connectivity index (χ2n) is 4.06. The van der Waals surface area contributed by atoms with Crippen LogP contribution in [0, 0.1) is 5.92 Å². The quantitative estimate of drug-likeness (QED) is 0.469. The zero-order valence-corrected chi connectivity index (χ0v) is 7.56. The Morgan fingerprint density at radius 2 is 2.00 bits per heavy atom. The molecule has 1 aliphatic carbocycles. The van der Waals surface area contributed by atoms with Gasteiger partial charge in [0.15, 0.2) is 0 Å². The molecule has 0 aromatic carbocycles. The van der Waals surface area contributed by atoms with Crippen LogP contribution in [0.25, 0.3) is 0 Å². The summed E-state index contributed by atoms with van der Waals surface area (Å²) in [4.78, 5) is 0. The average molecular weight is 124 g/mol. The molecule has 0 aliphatic heterocycles. The van der Waals surface area contributed by atoms with Gasteiger partial charge in [-0.1, -0.05) is 0 Å². The standard InChI is InChI=1S/C8H14.2Li/c1-2-8-6-4-3-5-7-8;;/h4,7-8H,2-3,5-6H2,1H3;;. The van der Waals surface area contributed by atoms with E-state index in [4.69, 9.17) is 0 Å². The van der Waals surface area contributed by atoms with Crippen LogP contribution in [0.2, 0.25) is 9.18 Å². The first kappa shape index (κ1) is 9.28. The van der Waals surface area contributed by atoms with Gasteiger partial charge in [-0.2, -0.15) is 0 Å². The predicted octanol–water partition coefficient (Wildman–Crippen LogP) is 2.11. The maximum atomic E-state index is 2.42. The van der Waals surface area contributed by atoms with Crippen molar-refractivity contribution in [1.29, 1.82) is 0 Å². The molecule has 0 N–H and O–H groups in total. The predicted molar refractivity (Wildman–Crippen MR) is 46.6 cm³/mol. The van der Waals surface area contributed by atoms with Gasteiger partial charge in [-0.25, -0.2) is 0 Å². The van der Waals surface area contributed by atoms with Crippen LogP contribution in [0.5, 0.6) is 0 Å². The van der Waals surface area contributed by atoms with Crippen molar-refractivity contribution in [2.24, 2.45) is 5.92 Å². The van der Waals surface area contributed by atoms with E-state index in [-0.39, 0.29) is 0 Å². The topological polar surface area (TPSA) is 0 Å². The molecule has 0 aromatic rings. The maximum absolute atomic E-state index is 2.42. The summed E-state index contributed by atoms with van der Waals surface area (Å²) < 4.78 is 2.00. The Bertz CT molecular complexity index is 103. The summed E-state index contributed by atoms with van der Waals surface area (Å²) in [5.74, 6) is 1.03. The molecule has 10 heavy (non-hydrogen) atoms. The first-order valence-corrected chi connectivity index (χ1v) is 4.74. The van der Waals surface area contributed by atoms with Gasteiger partial charge in [0.2, 0.25) is 0 Å². The Hall–Kier alpha value is 1.19. The molecular formula is C8H14Li2. The van der Waals surface area contributed by atoms with Gasteiger partial charge in [0, 0.05) is 0 Å². The van der Waals surface area contributed by atoms with Gasteiger partial charge in [-0.3, -0.25) is 0 Å². The molecule has 0 aromatic heterocycles. The third-order valence-electron chi connectivity index (χ3n) is 3.15. The van der Waals surface area contributed by atoms with Crippen LogP contribution in [0.15, 0.2) is 0 Å². The summed E-state index contributed by atoms with van der Waals surface area (Å²) in [7, 11) is 0. The Morgan fingerprint density at radius 1 is 1.30 bits per heavy atom. The Kier molecular flexibility index (Phi) is 3.97. The van der Waals surface area contributed by atoms with E-state index in [9.17, 15) is 0 Å². The molecule has 1 aliphatic rings. The van der Waals surface area contributed by atoms with E-state index in [1.54, 1.807) is 0 Å². The van der Waals surface area contributed by atoms with E-state index in [2.05, 4.69) is 42.4 Å². The number of hydrogen-bond acceptors (Lipinski definition) is 0. The van der Waals surface area contributed by atoms with Crippen LogP contribution >= 0.6 is 0 Å².